The molecule has 0 unspecified atom stereocenters. The molecule has 3 aliphatic rings. The van der Waals surface area contributed by atoms with Gasteiger partial charge in [-0.1, -0.05) is 0 Å². The molecule has 1 aliphatic carbocycles. The predicted octanol–water partition coefficient (Wildman–Crippen LogP) is 0.552. The van der Waals surface area contributed by atoms with Gasteiger partial charge in [-0.3, -0.25) is 4.79 Å². The Balaban J connectivity index is 1.57. The summed E-state index contributed by atoms with van der Waals surface area (Å²) < 4.78 is 11.2. The van der Waals surface area contributed by atoms with Crippen LogP contribution in [0, 0.1) is 5.92 Å². The lowest BCUT2D eigenvalue weighted by Crippen LogP contribution is -2.50. The first kappa shape index (κ1) is 13.3. The Bertz CT molecular complexity index is 342. The minimum atomic E-state index is -0.263. The Kier molecular flexibility index (Phi) is 3.78. The highest BCUT2D eigenvalue weighted by molar-refractivity contribution is 5.80. The first-order valence-electron chi connectivity index (χ1n) is 7.32. The van der Waals surface area contributed by atoms with E-state index in [9.17, 15) is 9.90 Å². The van der Waals surface area contributed by atoms with E-state index in [1.54, 1.807) is 7.11 Å². The van der Waals surface area contributed by atoms with E-state index in [2.05, 4.69) is 0 Å². The Morgan fingerprint density at radius 2 is 2.16 bits per heavy atom. The third-order valence-electron chi connectivity index (χ3n) is 4.73. The summed E-state index contributed by atoms with van der Waals surface area (Å²) in [6, 6.07) is 0.248. The highest BCUT2D eigenvalue weighted by Crippen LogP contribution is 2.36. The van der Waals surface area contributed by atoms with Crippen molar-refractivity contribution < 1.29 is 19.4 Å². The summed E-state index contributed by atoms with van der Waals surface area (Å²) in [6.07, 6.45) is 4.30. The van der Waals surface area contributed by atoms with Crippen molar-refractivity contribution in [3.8, 4) is 0 Å². The van der Waals surface area contributed by atoms with E-state index in [-0.39, 0.29) is 36.2 Å². The molecule has 3 atom stereocenters. The molecule has 0 bridgehead atoms. The molecule has 0 spiro atoms. The van der Waals surface area contributed by atoms with Gasteiger partial charge >= 0.3 is 0 Å². The smallest absolute Gasteiger partial charge is 0.226 e. The van der Waals surface area contributed by atoms with Gasteiger partial charge in [0.2, 0.25) is 5.91 Å². The zero-order valence-electron chi connectivity index (χ0n) is 11.5. The van der Waals surface area contributed by atoms with Crippen LogP contribution >= 0.6 is 0 Å². The van der Waals surface area contributed by atoms with Gasteiger partial charge in [-0.15, -0.1) is 0 Å². The molecule has 0 aromatic heterocycles. The fraction of sp³-hybridized carbons (Fsp3) is 0.929. The van der Waals surface area contributed by atoms with E-state index in [1.807, 2.05) is 4.90 Å². The van der Waals surface area contributed by atoms with E-state index in [0.29, 0.717) is 19.4 Å². The summed E-state index contributed by atoms with van der Waals surface area (Å²) in [6.45, 7) is 1.45. The van der Waals surface area contributed by atoms with E-state index < -0.39 is 0 Å². The molecule has 3 rings (SSSR count). The largest absolute Gasteiger partial charge is 0.393 e. The fourth-order valence-electron chi connectivity index (χ4n) is 3.60. The molecule has 5 nitrogen and oxygen atoms in total. The van der Waals surface area contributed by atoms with E-state index in [4.69, 9.17) is 9.47 Å². The molecule has 2 aliphatic heterocycles. The van der Waals surface area contributed by atoms with Crippen molar-refractivity contribution in [1.29, 1.82) is 0 Å². The average Bonchev–Trinajstić information content (AvgIpc) is 2.78. The third kappa shape index (κ3) is 2.51. The van der Waals surface area contributed by atoms with Crippen molar-refractivity contribution in [2.45, 2.75) is 56.5 Å². The lowest BCUT2D eigenvalue weighted by Gasteiger charge is -2.39. The van der Waals surface area contributed by atoms with Gasteiger partial charge in [0.05, 0.1) is 31.0 Å². The molecule has 108 valence electrons. The van der Waals surface area contributed by atoms with E-state index in [0.717, 1.165) is 25.8 Å². The third-order valence-corrected chi connectivity index (χ3v) is 4.73. The summed E-state index contributed by atoms with van der Waals surface area (Å²) in [5.41, 5.74) is 0. The Hall–Kier alpha value is -0.650. The van der Waals surface area contributed by atoms with Crippen LogP contribution in [0.4, 0.5) is 0 Å². The maximum atomic E-state index is 12.4. The van der Waals surface area contributed by atoms with E-state index in [1.165, 1.54) is 0 Å². The molecular formula is C14H23NO4. The molecule has 1 saturated carbocycles. The van der Waals surface area contributed by atoms with Crippen molar-refractivity contribution in [2.75, 3.05) is 20.3 Å². The minimum absolute atomic E-state index is 0.0467. The van der Waals surface area contributed by atoms with E-state index >= 15 is 0 Å². The molecule has 0 aromatic carbocycles. The molecule has 2 saturated heterocycles. The molecule has 1 amide bonds. The standard InChI is InChI=1S/C14H23NO4/c1-18-8-11-2-3-12-13(19-11)4-5-15(12)14(17)9-6-10(16)7-9/h9-13,16H,2-8H2,1H3/t9?,10?,11-,12-,13-/m1/s1. The van der Waals surface area contributed by atoms with Crippen LogP contribution in [0.5, 0.6) is 0 Å². The van der Waals surface area contributed by atoms with Crippen LogP contribution in [-0.2, 0) is 14.3 Å². The zero-order chi connectivity index (χ0) is 13.4. The number of aliphatic hydroxyl groups excluding tert-OH is 1. The van der Waals surface area contributed by atoms with Gasteiger partial charge in [0.1, 0.15) is 0 Å². The number of carbonyl (C=O) groups excluding carboxylic acids is 1. The van der Waals surface area contributed by atoms with Crippen LogP contribution < -0.4 is 0 Å². The number of ether oxygens (including phenoxy) is 2. The highest BCUT2D eigenvalue weighted by atomic mass is 16.5. The quantitative estimate of drug-likeness (QED) is 0.813. The number of carbonyl (C=O) groups is 1. The number of amides is 1. The normalized spacial score (nSPS) is 41.8. The van der Waals surface area contributed by atoms with Gasteiger partial charge < -0.3 is 19.5 Å². The molecular weight excluding hydrogens is 246 g/mol. The lowest BCUT2D eigenvalue weighted by molar-refractivity contribution is -0.148. The second-order valence-corrected chi connectivity index (χ2v) is 6.04. The monoisotopic (exact) mass is 269 g/mol. The molecule has 2 heterocycles. The number of hydrogen-bond donors (Lipinski definition) is 1. The van der Waals surface area contributed by atoms with Gasteiger partial charge in [0.15, 0.2) is 0 Å². The number of aliphatic hydroxyl groups is 1. The van der Waals surface area contributed by atoms with Gasteiger partial charge in [-0.2, -0.15) is 0 Å². The summed E-state index contributed by atoms with van der Waals surface area (Å²) in [4.78, 5) is 14.4. The summed E-state index contributed by atoms with van der Waals surface area (Å²) in [5.74, 6) is 0.275. The lowest BCUT2D eigenvalue weighted by atomic mass is 9.81. The van der Waals surface area contributed by atoms with Gasteiger partial charge in [0.25, 0.3) is 0 Å². The second-order valence-electron chi connectivity index (χ2n) is 6.04. The Morgan fingerprint density at radius 1 is 1.37 bits per heavy atom. The van der Waals surface area contributed by atoms with Crippen LogP contribution in [0.15, 0.2) is 0 Å². The van der Waals surface area contributed by atoms with Crippen molar-refractivity contribution in [1.82, 2.24) is 4.90 Å². The molecule has 0 aromatic rings. The summed E-state index contributed by atoms with van der Waals surface area (Å²) in [5, 5.41) is 9.33. The maximum absolute atomic E-state index is 12.4. The number of methoxy groups -OCH3 is 1. The number of nitrogens with zero attached hydrogens (tertiary/aromatic N) is 1. The van der Waals surface area contributed by atoms with Crippen molar-refractivity contribution in [2.24, 2.45) is 5.92 Å². The number of hydrogen-bond acceptors (Lipinski definition) is 4. The Labute approximate surface area is 113 Å². The van der Waals surface area contributed by atoms with Crippen molar-refractivity contribution >= 4 is 5.91 Å². The number of rotatable bonds is 3. The zero-order valence-corrected chi connectivity index (χ0v) is 11.5. The second kappa shape index (κ2) is 5.38. The highest BCUT2D eigenvalue weighted by Gasteiger charge is 2.45. The Morgan fingerprint density at radius 3 is 2.84 bits per heavy atom. The fourth-order valence-corrected chi connectivity index (χ4v) is 3.60. The SMILES string of the molecule is COC[C@H]1CC[C@@H]2[C@@H](CCN2C(=O)C2CC(O)C2)O1. The molecule has 3 fully saturated rings. The summed E-state index contributed by atoms with van der Waals surface area (Å²) >= 11 is 0. The average molecular weight is 269 g/mol. The van der Waals surface area contributed by atoms with Crippen LogP contribution in [0.1, 0.15) is 32.1 Å². The van der Waals surface area contributed by atoms with Crippen LogP contribution in [-0.4, -0.2) is 60.5 Å². The molecule has 1 N–H and O–H groups in total. The van der Waals surface area contributed by atoms with Crippen LogP contribution in [0.3, 0.4) is 0 Å². The van der Waals surface area contributed by atoms with Gasteiger partial charge in [-0.25, -0.2) is 0 Å². The first-order valence-corrected chi connectivity index (χ1v) is 7.32. The summed E-state index contributed by atoms with van der Waals surface area (Å²) in [7, 11) is 1.70. The topological polar surface area (TPSA) is 59.0 Å². The minimum Gasteiger partial charge on any atom is -0.393 e. The molecule has 0 radical (unpaired) electrons. The van der Waals surface area contributed by atoms with Crippen LogP contribution in [0.2, 0.25) is 0 Å². The van der Waals surface area contributed by atoms with Crippen LogP contribution in [0.25, 0.3) is 0 Å². The molecule has 5 heteroatoms. The number of likely N-dealkylation sites (tertiary alicyclic amines) is 1. The first-order chi connectivity index (χ1) is 9.19. The van der Waals surface area contributed by atoms with Crippen molar-refractivity contribution in [3.63, 3.8) is 0 Å². The van der Waals surface area contributed by atoms with Gasteiger partial charge in [-0.05, 0) is 32.1 Å². The molecule has 19 heavy (non-hydrogen) atoms. The van der Waals surface area contributed by atoms with Crippen molar-refractivity contribution in [3.05, 3.63) is 0 Å². The van der Waals surface area contributed by atoms with Gasteiger partial charge in [0, 0.05) is 19.6 Å². The predicted molar refractivity (Wildman–Crippen MR) is 68.6 cm³/mol. The number of fused-ring (bicyclic) bond motifs is 1. The maximum Gasteiger partial charge on any atom is 0.226 e.